The quantitative estimate of drug-likeness (QED) is 0.634. The normalized spacial score (nSPS) is 9.67. The van der Waals surface area contributed by atoms with Gasteiger partial charge in [0, 0.05) is 19.5 Å². The Labute approximate surface area is 88.3 Å². The third kappa shape index (κ3) is 3.80. The van der Waals surface area contributed by atoms with E-state index in [-0.39, 0.29) is 5.91 Å². The molecule has 82 valence electrons. The van der Waals surface area contributed by atoms with Crippen molar-refractivity contribution in [2.24, 2.45) is 0 Å². The van der Waals surface area contributed by atoms with Crippen LogP contribution in [0.4, 0.5) is 11.5 Å². The van der Waals surface area contributed by atoms with E-state index in [0.29, 0.717) is 31.0 Å². The Morgan fingerprint density at radius 1 is 1.60 bits per heavy atom. The fourth-order valence-electron chi connectivity index (χ4n) is 1.07. The zero-order valence-electron chi connectivity index (χ0n) is 8.66. The van der Waals surface area contributed by atoms with Crippen molar-refractivity contribution in [1.82, 2.24) is 15.3 Å². The van der Waals surface area contributed by atoms with Gasteiger partial charge in [-0.1, -0.05) is 0 Å². The molecule has 0 fully saturated rings. The van der Waals surface area contributed by atoms with Crippen LogP contribution in [0.2, 0.25) is 0 Å². The maximum Gasteiger partial charge on any atom is 0.221 e. The smallest absolute Gasteiger partial charge is 0.221 e. The van der Waals surface area contributed by atoms with Crippen molar-refractivity contribution in [2.75, 3.05) is 24.1 Å². The number of nitrogens with two attached hydrogens (primary N) is 1. The summed E-state index contributed by atoms with van der Waals surface area (Å²) in [5.74, 6) is 0.576. The second kappa shape index (κ2) is 5.79. The number of rotatable bonds is 5. The second-order valence-electron chi connectivity index (χ2n) is 2.96. The molecule has 0 aliphatic carbocycles. The maximum absolute atomic E-state index is 11.1. The molecule has 0 bridgehead atoms. The summed E-state index contributed by atoms with van der Waals surface area (Å²) in [5, 5.41) is 5.67. The van der Waals surface area contributed by atoms with Crippen LogP contribution >= 0.6 is 0 Å². The SMILES string of the molecule is CCNC(=O)CCNc1ncncc1N. The minimum absolute atomic E-state index is 0.0117. The van der Waals surface area contributed by atoms with Gasteiger partial charge < -0.3 is 16.4 Å². The molecule has 0 aliphatic heterocycles. The summed E-state index contributed by atoms with van der Waals surface area (Å²) in [6, 6.07) is 0. The highest BCUT2D eigenvalue weighted by Crippen LogP contribution is 2.10. The number of amides is 1. The third-order valence-corrected chi connectivity index (χ3v) is 1.76. The molecule has 1 amide bonds. The molecule has 1 aromatic heterocycles. The molecular weight excluding hydrogens is 194 g/mol. The fourth-order valence-corrected chi connectivity index (χ4v) is 1.07. The van der Waals surface area contributed by atoms with Crippen molar-refractivity contribution in [3.63, 3.8) is 0 Å². The Bertz CT molecular complexity index is 328. The Morgan fingerprint density at radius 2 is 2.40 bits per heavy atom. The molecule has 0 radical (unpaired) electrons. The number of carbonyl (C=O) groups is 1. The molecule has 0 unspecified atom stereocenters. The van der Waals surface area contributed by atoms with E-state index in [4.69, 9.17) is 5.73 Å². The molecule has 1 rings (SSSR count). The van der Waals surface area contributed by atoms with Crippen molar-refractivity contribution < 1.29 is 4.79 Å². The van der Waals surface area contributed by atoms with Gasteiger partial charge in [-0.2, -0.15) is 0 Å². The molecule has 0 aliphatic rings. The molecule has 15 heavy (non-hydrogen) atoms. The molecule has 0 aromatic carbocycles. The fraction of sp³-hybridized carbons (Fsp3) is 0.444. The van der Waals surface area contributed by atoms with Gasteiger partial charge in [-0.25, -0.2) is 9.97 Å². The van der Waals surface area contributed by atoms with Crippen molar-refractivity contribution in [2.45, 2.75) is 13.3 Å². The number of hydrogen-bond donors (Lipinski definition) is 3. The standard InChI is InChI=1S/C9H15N5O/c1-2-12-8(15)3-4-13-9-7(10)5-11-6-14-9/h5-6H,2-4,10H2,1H3,(H,12,15)(H,11,13,14). The summed E-state index contributed by atoms with van der Waals surface area (Å²) < 4.78 is 0. The van der Waals surface area contributed by atoms with E-state index in [9.17, 15) is 4.79 Å². The number of aromatic nitrogens is 2. The highest BCUT2D eigenvalue weighted by atomic mass is 16.1. The molecule has 0 saturated carbocycles. The van der Waals surface area contributed by atoms with Crippen LogP contribution in [0.25, 0.3) is 0 Å². The van der Waals surface area contributed by atoms with E-state index in [2.05, 4.69) is 20.6 Å². The van der Waals surface area contributed by atoms with Crippen LogP contribution < -0.4 is 16.4 Å². The maximum atomic E-state index is 11.1. The average Bonchev–Trinajstić information content (AvgIpc) is 2.21. The van der Waals surface area contributed by atoms with Crippen molar-refractivity contribution >= 4 is 17.4 Å². The molecule has 6 heteroatoms. The van der Waals surface area contributed by atoms with E-state index >= 15 is 0 Å². The molecule has 1 heterocycles. The lowest BCUT2D eigenvalue weighted by Gasteiger charge is -2.06. The van der Waals surface area contributed by atoms with Gasteiger partial charge in [0.25, 0.3) is 0 Å². The van der Waals surface area contributed by atoms with Crippen LogP contribution in [0.15, 0.2) is 12.5 Å². The largest absolute Gasteiger partial charge is 0.394 e. The number of carbonyl (C=O) groups excluding carboxylic acids is 1. The minimum atomic E-state index is 0.0117. The number of nitrogens with zero attached hydrogens (tertiary/aromatic N) is 2. The molecule has 1 aromatic rings. The Kier molecular flexibility index (Phi) is 4.33. The van der Waals surface area contributed by atoms with E-state index in [1.54, 1.807) is 0 Å². The van der Waals surface area contributed by atoms with Crippen molar-refractivity contribution in [3.8, 4) is 0 Å². The van der Waals surface area contributed by atoms with Crippen LogP contribution in [-0.4, -0.2) is 29.0 Å². The first kappa shape index (κ1) is 11.2. The van der Waals surface area contributed by atoms with Crippen LogP contribution in [-0.2, 0) is 4.79 Å². The molecule has 0 atom stereocenters. The monoisotopic (exact) mass is 209 g/mol. The van der Waals surface area contributed by atoms with Gasteiger partial charge in [-0.05, 0) is 6.92 Å². The van der Waals surface area contributed by atoms with E-state index < -0.39 is 0 Å². The highest BCUT2D eigenvalue weighted by molar-refractivity contribution is 5.76. The van der Waals surface area contributed by atoms with Crippen LogP contribution in [0.5, 0.6) is 0 Å². The van der Waals surface area contributed by atoms with E-state index in [1.165, 1.54) is 12.5 Å². The summed E-state index contributed by atoms with van der Waals surface area (Å²) >= 11 is 0. The number of hydrogen-bond acceptors (Lipinski definition) is 5. The van der Waals surface area contributed by atoms with Crippen LogP contribution in [0.1, 0.15) is 13.3 Å². The number of nitrogens with one attached hydrogen (secondary N) is 2. The molecular formula is C9H15N5O. The van der Waals surface area contributed by atoms with Gasteiger partial charge >= 0.3 is 0 Å². The first-order valence-electron chi connectivity index (χ1n) is 4.80. The van der Waals surface area contributed by atoms with Gasteiger partial charge in [0.05, 0.1) is 11.9 Å². The summed E-state index contributed by atoms with van der Waals surface area (Å²) in [4.78, 5) is 18.8. The number of nitrogen functional groups attached to an aromatic ring is 1. The Morgan fingerprint density at radius 3 is 3.07 bits per heavy atom. The lowest BCUT2D eigenvalue weighted by atomic mass is 10.4. The molecule has 4 N–H and O–H groups in total. The Balaban J connectivity index is 2.32. The van der Waals surface area contributed by atoms with E-state index in [0.717, 1.165) is 0 Å². The molecule has 0 spiro atoms. The van der Waals surface area contributed by atoms with Crippen LogP contribution in [0, 0.1) is 0 Å². The number of anilines is 2. The third-order valence-electron chi connectivity index (χ3n) is 1.76. The summed E-state index contributed by atoms with van der Waals surface area (Å²) in [5.41, 5.74) is 6.09. The van der Waals surface area contributed by atoms with Gasteiger partial charge in [0.2, 0.25) is 5.91 Å². The van der Waals surface area contributed by atoms with Gasteiger partial charge in [0.15, 0.2) is 5.82 Å². The second-order valence-corrected chi connectivity index (χ2v) is 2.96. The Hall–Kier alpha value is -1.85. The predicted octanol–water partition coefficient (Wildman–Crippen LogP) is -0.00310. The van der Waals surface area contributed by atoms with Gasteiger partial charge in [0.1, 0.15) is 6.33 Å². The van der Waals surface area contributed by atoms with Gasteiger partial charge in [-0.15, -0.1) is 0 Å². The predicted molar refractivity (Wildman–Crippen MR) is 58.2 cm³/mol. The van der Waals surface area contributed by atoms with E-state index in [1.807, 2.05) is 6.92 Å². The first-order chi connectivity index (χ1) is 7.24. The lowest BCUT2D eigenvalue weighted by Crippen LogP contribution is -2.25. The lowest BCUT2D eigenvalue weighted by molar-refractivity contribution is -0.120. The zero-order chi connectivity index (χ0) is 11.1. The van der Waals surface area contributed by atoms with Crippen LogP contribution in [0.3, 0.4) is 0 Å². The summed E-state index contributed by atoms with van der Waals surface area (Å²) in [6.45, 7) is 3.04. The highest BCUT2D eigenvalue weighted by Gasteiger charge is 2.01. The first-order valence-corrected chi connectivity index (χ1v) is 4.80. The van der Waals surface area contributed by atoms with Crippen molar-refractivity contribution in [1.29, 1.82) is 0 Å². The molecule has 0 saturated heterocycles. The topological polar surface area (TPSA) is 92.9 Å². The van der Waals surface area contributed by atoms with Crippen molar-refractivity contribution in [3.05, 3.63) is 12.5 Å². The molecule has 6 nitrogen and oxygen atoms in total. The average molecular weight is 209 g/mol. The minimum Gasteiger partial charge on any atom is -0.394 e. The zero-order valence-corrected chi connectivity index (χ0v) is 8.66. The summed E-state index contributed by atoms with van der Waals surface area (Å²) in [6.07, 6.45) is 3.32. The van der Waals surface area contributed by atoms with Gasteiger partial charge in [-0.3, -0.25) is 4.79 Å². The summed E-state index contributed by atoms with van der Waals surface area (Å²) in [7, 11) is 0.